The van der Waals surface area contributed by atoms with E-state index in [9.17, 15) is 4.79 Å². The second-order valence-corrected chi connectivity index (χ2v) is 6.06. The normalized spacial score (nSPS) is 11.4. The SMILES string of the molecule is Cc1cc(C)cc(C(=O)NCCCC(C)(C)CO)c1. The summed E-state index contributed by atoms with van der Waals surface area (Å²) < 4.78 is 0. The molecule has 0 fully saturated rings. The van der Waals surface area contributed by atoms with E-state index in [1.54, 1.807) is 0 Å². The molecule has 106 valence electrons. The Morgan fingerprint density at radius 3 is 2.32 bits per heavy atom. The van der Waals surface area contributed by atoms with Crippen molar-refractivity contribution in [3.05, 3.63) is 34.9 Å². The number of benzene rings is 1. The van der Waals surface area contributed by atoms with Crippen LogP contribution < -0.4 is 5.32 Å². The molecule has 0 aromatic heterocycles. The molecular formula is C16H25NO2. The number of aliphatic hydroxyl groups excluding tert-OH is 1. The Morgan fingerprint density at radius 1 is 1.21 bits per heavy atom. The largest absolute Gasteiger partial charge is 0.396 e. The highest BCUT2D eigenvalue weighted by Crippen LogP contribution is 2.20. The molecule has 0 aliphatic rings. The molecule has 0 spiro atoms. The molecule has 0 heterocycles. The molecule has 0 radical (unpaired) electrons. The molecule has 1 aromatic rings. The first-order valence-electron chi connectivity index (χ1n) is 6.81. The molecule has 3 heteroatoms. The lowest BCUT2D eigenvalue weighted by Crippen LogP contribution is -2.26. The Morgan fingerprint density at radius 2 is 1.79 bits per heavy atom. The summed E-state index contributed by atoms with van der Waals surface area (Å²) in [5.74, 6) is -0.0198. The van der Waals surface area contributed by atoms with E-state index < -0.39 is 0 Å². The van der Waals surface area contributed by atoms with Crippen LogP contribution in [0.5, 0.6) is 0 Å². The lowest BCUT2D eigenvalue weighted by Gasteiger charge is -2.21. The molecule has 2 N–H and O–H groups in total. The van der Waals surface area contributed by atoms with Crippen LogP contribution in [-0.2, 0) is 0 Å². The highest BCUT2D eigenvalue weighted by molar-refractivity contribution is 5.94. The van der Waals surface area contributed by atoms with E-state index in [1.807, 2.05) is 39.8 Å². The molecule has 1 rings (SSSR count). The second kappa shape index (κ2) is 6.71. The van der Waals surface area contributed by atoms with Crippen LogP contribution in [0.4, 0.5) is 0 Å². The zero-order valence-corrected chi connectivity index (χ0v) is 12.4. The van der Waals surface area contributed by atoms with Gasteiger partial charge in [0.1, 0.15) is 0 Å². The number of amides is 1. The number of carbonyl (C=O) groups excluding carboxylic acids is 1. The van der Waals surface area contributed by atoms with Gasteiger partial charge in [-0.15, -0.1) is 0 Å². The fourth-order valence-electron chi connectivity index (χ4n) is 2.06. The lowest BCUT2D eigenvalue weighted by molar-refractivity contribution is 0.0948. The summed E-state index contributed by atoms with van der Waals surface area (Å²) in [7, 11) is 0. The number of carbonyl (C=O) groups is 1. The molecule has 0 saturated heterocycles. The van der Waals surface area contributed by atoms with Gasteiger partial charge in [0.25, 0.3) is 5.91 Å². The quantitative estimate of drug-likeness (QED) is 0.775. The summed E-state index contributed by atoms with van der Waals surface area (Å²) in [6, 6.07) is 5.86. The minimum Gasteiger partial charge on any atom is -0.396 e. The van der Waals surface area contributed by atoms with Gasteiger partial charge in [-0.25, -0.2) is 0 Å². The predicted octanol–water partition coefficient (Wildman–Crippen LogP) is 2.83. The zero-order chi connectivity index (χ0) is 14.5. The molecule has 0 saturated carbocycles. The summed E-state index contributed by atoms with van der Waals surface area (Å²) in [5.41, 5.74) is 2.86. The van der Waals surface area contributed by atoms with Crippen LogP contribution in [-0.4, -0.2) is 24.2 Å². The summed E-state index contributed by atoms with van der Waals surface area (Å²) >= 11 is 0. The first kappa shape index (κ1) is 15.7. The van der Waals surface area contributed by atoms with Gasteiger partial charge in [0, 0.05) is 18.7 Å². The Kier molecular flexibility index (Phi) is 5.55. The number of rotatable bonds is 6. The van der Waals surface area contributed by atoms with Crippen molar-refractivity contribution in [1.82, 2.24) is 5.32 Å². The van der Waals surface area contributed by atoms with Crippen LogP contribution in [0, 0.1) is 19.3 Å². The monoisotopic (exact) mass is 263 g/mol. The van der Waals surface area contributed by atoms with Gasteiger partial charge in [0.2, 0.25) is 0 Å². The number of hydrogen-bond acceptors (Lipinski definition) is 2. The lowest BCUT2D eigenvalue weighted by atomic mass is 9.89. The molecule has 1 aromatic carbocycles. The highest BCUT2D eigenvalue weighted by Gasteiger charge is 2.15. The Labute approximate surface area is 116 Å². The summed E-state index contributed by atoms with van der Waals surface area (Å²) in [5, 5.41) is 12.1. The number of hydrogen-bond donors (Lipinski definition) is 2. The first-order valence-corrected chi connectivity index (χ1v) is 6.81. The van der Waals surface area contributed by atoms with E-state index in [0.717, 1.165) is 29.5 Å². The fraction of sp³-hybridized carbons (Fsp3) is 0.562. The third kappa shape index (κ3) is 5.43. The third-order valence-corrected chi connectivity index (χ3v) is 3.23. The fourth-order valence-corrected chi connectivity index (χ4v) is 2.06. The van der Waals surface area contributed by atoms with Crippen molar-refractivity contribution in [3.8, 4) is 0 Å². The van der Waals surface area contributed by atoms with Crippen LogP contribution in [0.3, 0.4) is 0 Å². The Bertz CT molecular complexity index is 418. The van der Waals surface area contributed by atoms with Gasteiger partial charge < -0.3 is 10.4 Å². The molecule has 3 nitrogen and oxygen atoms in total. The van der Waals surface area contributed by atoms with Crippen molar-refractivity contribution in [2.24, 2.45) is 5.41 Å². The number of aliphatic hydroxyl groups is 1. The molecule has 0 bridgehead atoms. The second-order valence-electron chi connectivity index (χ2n) is 6.06. The van der Waals surface area contributed by atoms with Crippen LogP contribution in [0.15, 0.2) is 18.2 Å². The van der Waals surface area contributed by atoms with Gasteiger partial charge in [-0.1, -0.05) is 31.0 Å². The van der Waals surface area contributed by atoms with Crippen molar-refractivity contribution in [3.63, 3.8) is 0 Å². The molecule has 19 heavy (non-hydrogen) atoms. The average molecular weight is 263 g/mol. The van der Waals surface area contributed by atoms with Gasteiger partial charge in [-0.2, -0.15) is 0 Å². The smallest absolute Gasteiger partial charge is 0.251 e. The van der Waals surface area contributed by atoms with Crippen LogP contribution >= 0.6 is 0 Å². The zero-order valence-electron chi connectivity index (χ0n) is 12.4. The van der Waals surface area contributed by atoms with Crippen LogP contribution in [0.25, 0.3) is 0 Å². The van der Waals surface area contributed by atoms with Crippen molar-refractivity contribution in [1.29, 1.82) is 0 Å². The summed E-state index contributed by atoms with van der Waals surface area (Å²) in [4.78, 5) is 12.0. The maximum Gasteiger partial charge on any atom is 0.251 e. The number of aryl methyl sites for hydroxylation is 2. The molecule has 0 atom stereocenters. The molecule has 1 amide bonds. The maximum atomic E-state index is 12.0. The predicted molar refractivity (Wildman–Crippen MR) is 78.4 cm³/mol. The van der Waals surface area contributed by atoms with Crippen molar-refractivity contribution >= 4 is 5.91 Å². The van der Waals surface area contributed by atoms with Gasteiger partial charge in [0.15, 0.2) is 0 Å². The van der Waals surface area contributed by atoms with E-state index in [0.29, 0.717) is 6.54 Å². The van der Waals surface area contributed by atoms with Gasteiger partial charge >= 0.3 is 0 Å². The van der Waals surface area contributed by atoms with E-state index in [-0.39, 0.29) is 17.9 Å². The van der Waals surface area contributed by atoms with E-state index >= 15 is 0 Å². The maximum absolute atomic E-state index is 12.0. The topological polar surface area (TPSA) is 49.3 Å². The minimum absolute atomic E-state index is 0.0198. The van der Waals surface area contributed by atoms with Gasteiger partial charge in [-0.3, -0.25) is 4.79 Å². The highest BCUT2D eigenvalue weighted by atomic mass is 16.3. The Balaban J connectivity index is 2.43. The van der Waals surface area contributed by atoms with Crippen molar-refractivity contribution < 1.29 is 9.90 Å². The van der Waals surface area contributed by atoms with Gasteiger partial charge in [0.05, 0.1) is 0 Å². The Hall–Kier alpha value is -1.35. The molecular weight excluding hydrogens is 238 g/mol. The number of nitrogens with one attached hydrogen (secondary N) is 1. The van der Waals surface area contributed by atoms with E-state index in [1.165, 1.54) is 0 Å². The van der Waals surface area contributed by atoms with Crippen LogP contribution in [0.2, 0.25) is 0 Å². The van der Waals surface area contributed by atoms with E-state index in [2.05, 4.69) is 11.4 Å². The van der Waals surface area contributed by atoms with Crippen molar-refractivity contribution in [2.75, 3.05) is 13.2 Å². The van der Waals surface area contributed by atoms with Crippen molar-refractivity contribution in [2.45, 2.75) is 40.5 Å². The first-order chi connectivity index (χ1) is 8.84. The standard InChI is InChI=1S/C16H25NO2/c1-12-8-13(2)10-14(9-12)15(19)17-7-5-6-16(3,4)11-18/h8-10,18H,5-7,11H2,1-4H3,(H,17,19). The average Bonchev–Trinajstić information content (AvgIpc) is 2.33. The summed E-state index contributed by atoms with van der Waals surface area (Å²) in [6.07, 6.45) is 1.78. The molecule has 0 aliphatic heterocycles. The van der Waals surface area contributed by atoms with Crippen LogP contribution in [0.1, 0.15) is 48.2 Å². The molecule has 0 unspecified atom stereocenters. The molecule has 0 aliphatic carbocycles. The summed E-state index contributed by atoms with van der Waals surface area (Å²) in [6.45, 7) is 8.87. The minimum atomic E-state index is -0.0648. The van der Waals surface area contributed by atoms with Gasteiger partial charge in [-0.05, 0) is 44.2 Å². The van der Waals surface area contributed by atoms with E-state index in [4.69, 9.17) is 5.11 Å². The third-order valence-electron chi connectivity index (χ3n) is 3.23.